The summed E-state index contributed by atoms with van der Waals surface area (Å²) in [5.41, 5.74) is 3.03. The molecule has 2 aliphatic rings. The highest BCUT2D eigenvalue weighted by molar-refractivity contribution is 5.94. The van der Waals surface area contributed by atoms with Gasteiger partial charge >= 0.3 is 6.18 Å². The number of halogens is 3. The minimum absolute atomic E-state index is 0.329. The molecule has 0 bridgehead atoms. The topological polar surface area (TPSA) is 37.3 Å². The molecule has 0 aliphatic heterocycles. The summed E-state index contributed by atoms with van der Waals surface area (Å²) in [7, 11) is 0. The lowest BCUT2D eigenvalue weighted by Gasteiger charge is -2.31. The molecule has 1 N–H and O–H groups in total. The number of pyridine rings is 1. The first kappa shape index (κ1) is 12.2. The van der Waals surface area contributed by atoms with E-state index in [1.807, 2.05) is 0 Å². The van der Waals surface area contributed by atoms with Gasteiger partial charge in [0.25, 0.3) is 0 Å². The van der Waals surface area contributed by atoms with Crippen LogP contribution in [0.5, 0.6) is 0 Å². The Bertz CT molecular complexity index is 531. The van der Waals surface area contributed by atoms with E-state index in [4.69, 9.17) is 0 Å². The molecule has 1 heterocycles. The van der Waals surface area contributed by atoms with Crippen LogP contribution in [-0.4, -0.2) is 10.7 Å². The van der Waals surface area contributed by atoms with Gasteiger partial charge in [0, 0.05) is 17.8 Å². The third-order valence-corrected chi connectivity index (χ3v) is 3.57. The van der Waals surface area contributed by atoms with Crippen LogP contribution in [0.15, 0.2) is 35.6 Å². The monoisotopic (exact) mass is 267 g/mol. The van der Waals surface area contributed by atoms with Gasteiger partial charge in [-0.3, -0.25) is 5.43 Å². The molecule has 2 aliphatic carbocycles. The van der Waals surface area contributed by atoms with Crippen molar-refractivity contribution >= 4 is 11.5 Å². The third-order valence-electron chi connectivity index (χ3n) is 3.57. The van der Waals surface area contributed by atoms with Gasteiger partial charge < -0.3 is 0 Å². The van der Waals surface area contributed by atoms with Crippen molar-refractivity contribution in [2.24, 2.45) is 16.9 Å². The Morgan fingerprint density at radius 3 is 2.79 bits per heavy atom. The van der Waals surface area contributed by atoms with Crippen LogP contribution in [0.2, 0.25) is 0 Å². The van der Waals surface area contributed by atoms with Crippen LogP contribution in [0.1, 0.15) is 18.4 Å². The minimum Gasteiger partial charge on any atom is -0.261 e. The van der Waals surface area contributed by atoms with Crippen LogP contribution >= 0.6 is 0 Å². The summed E-state index contributed by atoms with van der Waals surface area (Å²) >= 11 is 0. The summed E-state index contributed by atoms with van der Waals surface area (Å²) < 4.78 is 37.0. The van der Waals surface area contributed by atoms with Crippen molar-refractivity contribution in [2.45, 2.75) is 19.0 Å². The summed E-state index contributed by atoms with van der Waals surface area (Å²) in [5, 5.41) is 4.22. The summed E-state index contributed by atoms with van der Waals surface area (Å²) in [6.45, 7) is 0. The molecule has 19 heavy (non-hydrogen) atoms. The highest BCUT2D eigenvalue weighted by atomic mass is 19.4. The molecule has 3 nitrogen and oxygen atoms in total. The zero-order valence-electron chi connectivity index (χ0n) is 9.98. The fraction of sp³-hybridized carbons (Fsp3) is 0.385. The first-order chi connectivity index (χ1) is 9.04. The van der Waals surface area contributed by atoms with E-state index in [1.165, 1.54) is 6.07 Å². The minimum atomic E-state index is -4.35. The zero-order chi connectivity index (χ0) is 13.5. The van der Waals surface area contributed by atoms with Crippen LogP contribution in [0.25, 0.3) is 0 Å². The second kappa shape index (κ2) is 4.36. The molecule has 0 amide bonds. The van der Waals surface area contributed by atoms with E-state index in [0.717, 1.165) is 30.8 Å². The highest BCUT2D eigenvalue weighted by Crippen LogP contribution is 2.40. The summed E-state index contributed by atoms with van der Waals surface area (Å²) in [4.78, 5) is 3.71. The van der Waals surface area contributed by atoms with Crippen molar-refractivity contribution in [2.75, 3.05) is 5.43 Å². The summed E-state index contributed by atoms with van der Waals surface area (Å²) in [6, 6.07) is 2.28. The van der Waals surface area contributed by atoms with Crippen molar-refractivity contribution in [3.8, 4) is 0 Å². The van der Waals surface area contributed by atoms with E-state index in [0.29, 0.717) is 17.7 Å². The molecule has 100 valence electrons. The molecule has 1 fully saturated rings. The van der Waals surface area contributed by atoms with Crippen LogP contribution < -0.4 is 5.43 Å². The molecule has 0 unspecified atom stereocenters. The van der Waals surface area contributed by atoms with E-state index in [1.54, 1.807) is 0 Å². The smallest absolute Gasteiger partial charge is 0.261 e. The van der Waals surface area contributed by atoms with Gasteiger partial charge in [-0.05, 0) is 30.9 Å². The van der Waals surface area contributed by atoms with Crippen LogP contribution in [0.3, 0.4) is 0 Å². The van der Waals surface area contributed by atoms with Gasteiger partial charge in [-0.15, -0.1) is 0 Å². The lowest BCUT2D eigenvalue weighted by atomic mass is 9.74. The Kier molecular flexibility index (Phi) is 2.80. The third kappa shape index (κ3) is 2.34. The lowest BCUT2D eigenvalue weighted by molar-refractivity contribution is -0.137. The fourth-order valence-corrected chi connectivity index (χ4v) is 2.42. The van der Waals surface area contributed by atoms with Gasteiger partial charge in [0.15, 0.2) is 0 Å². The number of hydrazone groups is 1. The first-order valence-corrected chi connectivity index (χ1v) is 6.06. The van der Waals surface area contributed by atoms with E-state index < -0.39 is 11.7 Å². The number of fused-ring (bicyclic) bond motifs is 1. The molecule has 0 saturated heterocycles. The van der Waals surface area contributed by atoms with Crippen LogP contribution in [0.4, 0.5) is 19.0 Å². The molecule has 6 heteroatoms. The van der Waals surface area contributed by atoms with Crippen molar-refractivity contribution in [3.63, 3.8) is 0 Å². The van der Waals surface area contributed by atoms with Crippen molar-refractivity contribution < 1.29 is 13.2 Å². The van der Waals surface area contributed by atoms with Gasteiger partial charge in [-0.25, -0.2) is 4.98 Å². The molecule has 0 radical (unpaired) electrons. The molecule has 1 saturated carbocycles. The molecular formula is C13H12F3N3. The van der Waals surface area contributed by atoms with Crippen molar-refractivity contribution in [1.29, 1.82) is 0 Å². The zero-order valence-corrected chi connectivity index (χ0v) is 9.98. The average Bonchev–Trinajstić information content (AvgIpc) is 2.71. The molecule has 0 aromatic carbocycles. The van der Waals surface area contributed by atoms with E-state index in [-0.39, 0.29) is 0 Å². The largest absolute Gasteiger partial charge is 0.417 e. The maximum Gasteiger partial charge on any atom is 0.417 e. The van der Waals surface area contributed by atoms with Crippen LogP contribution in [0, 0.1) is 11.8 Å². The number of anilines is 1. The Morgan fingerprint density at radius 1 is 1.32 bits per heavy atom. The predicted molar refractivity (Wildman–Crippen MR) is 65.7 cm³/mol. The predicted octanol–water partition coefficient (Wildman–Crippen LogP) is 3.46. The SMILES string of the molecule is FC(F)(F)c1ccc(N/N=C2/C[C@H]3C=CC[C@@H]23)nc1. The summed E-state index contributed by atoms with van der Waals surface area (Å²) in [5.74, 6) is 1.40. The van der Waals surface area contributed by atoms with Gasteiger partial charge in [0.05, 0.1) is 5.56 Å². The Labute approximate surface area is 108 Å². The van der Waals surface area contributed by atoms with Crippen molar-refractivity contribution in [3.05, 3.63) is 36.0 Å². The second-order valence-corrected chi connectivity index (χ2v) is 4.78. The Balaban J connectivity index is 1.63. The summed E-state index contributed by atoms with van der Waals surface area (Å²) in [6.07, 6.45) is 2.73. The molecule has 1 aromatic rings. The van der Waals surface area contributed by atoms with Gasteiger partial charge in [0.2, 0.25) is 0 Å². The number of allylic oxidation sites excluding steroid dienone is 2. The standard InChI is InChI=1S/C13H12F3N3/c14-13(15,16)9-4-5-12(17-7-9)19-18-11-6-8-2-1-3-10(8)11/h1-2,4-5,7-8,10H,3,6H2,(H,17,19)/b18-11-/t8-,10-/m1/s1. The number of nitrogens with zero attached hydrogens (tertiary/aromatic N) is 2. The van der Waals surface area contributed by atoms with E-state index >= 15 is 0 Å². The molecule has 1 aromatic heterocycles. The number of hydrogen-bond donors (Lipinski definition) is 1. The van der Waals surface area contributed by atoms with E-state index in [9.17, 15) is 13.2 Å². The molecule has 3 rings (SSSR count). The van der Waals surface area contributed by atoms with Crippen LogP contribution in [-0.2, 0) is 6.18 Å². The maximum atomic E-state index is 12.3. The average molecular weight is 267 g/mol. The number of rotatable bonds is 2. The second-order valence-electron chi connectivity index (χ2n) is 4.78. The number of alkyl halides is 3. The Hall–Kier alpha value is -1.85. The van der Waals surface area contributed by atoms with Gasteiger partial charge in [-0.2, -0.15) is 18.3 Å². The van der Waals surface area contributed by atoms with Gasteiger partial charge in [-0.1, -0.05) is 12.2 Å². The van der Waals surface area contributed by atoms with E-state index in [2.05, 4.69) is 27.7 Å². The lowest BCUT2D eigenvalue weighted by Crippen LogP contribution is -2.33. The Morgan fingerprint density at radius 2 is 2.16 bits per heavy atom. The number of hydrogen-bond acceptors (Lipinski definition) is 3. The first-order valence-electron chi connectivity index (χ1n) is 6.06. The quantitative estimate of drug-likeness (QED) is 0.658. The highest BCUT2D eigenvalue weighted by Gasteiger charge is 2.38. The van der Waals surface area contributed by atoms with Gasteiger partial charge in [0.1, 0.15) is 5.82 Å². The van der Waals surface area contributed by atoms with Crippen molar-refractivity contribution in [1.82, 2.24) is 4.98 Å². The number of nitrogens with one attached hydrogen (secondary N) is 1. The number of aromatic nitrogens is 1. The molecule has 2 atom stereocenters. The fourth-order valence-electron chi connectivity index (χ4n) is 2.42. The molecular weight excluding hydrogens is 255 g/mol. The normalized spacial score (nSPS) is 27.2. The maximum absolute atomic E-state index is 12.3. The molecule has 0 spiro atoms.